The van der Waals surface area contributed by atoms with Gasteiger partial charge in [0.1, 0.15) is 28.2 Å². The Morgan fingerprint density at radius 3 is 2.82 bits per heavy atom. The van der Waals surface area contributed by atoms with Crippen LogP contribution in [0.1, 0.15) is 30.1 Å². The molecule has 1 aliphatic heterocycles. The van der Waals surface area contributed by atoms with Gasteiger partial charge in [0.2, 0.25) is 5.91 Å². The number of aryl methyl sites for hydroxylation is 1. The van der Waals surface area contributed by atoms with Crippen molar-refractivity contribution in [3.63, 3.8) is 0 Å². The maximum Gasteiger partial charge on any atom is 0.220 e. The number of nitrogens with one attached hydrogen (secondary N) is 1. The Bertz CT molecular complexity index is 808. The summed E-state index contributed by atoms with van der Waals surface area (Å²) in [4.78, 5) is 23.8. The van der Waals surface area contributed by atoms with E-state index in [9.17, 15) is 14.7 Å². The summed E-state index contributed by atoms with van der Waals surface area (Å²) in [6.07, 6.45) is 0.935. The Hall–Kier alpha value is -2.50. The van der Waals surface area contributed by atoms with Gasteiger partial charge >= 0.3 is 0 Å². The maximum atomic E-state index is 12.2. The number of hydrogen-bond acceptors (Lipinski definition) is 5. The molecule has 2 aromatic rings. The predicted molar refractivity (Wildman–Crippen MR) is 80.4 cm³/mol. The van der Waals surface area contributed by atoms with Crippen LogP contribution in [0.2, 0.25) is 0 Å². The molecule has 22 heavy (non-hydrogen) atoms. The van der Waals surface area contributed by atoms with Crippen LogP contribution in [0.4, 0.5) is 0 Å². The van der Waals surface area contributed by atoms with Crippen LogP contribution in [-0.4, -0.2) is 24.7 Å². The van der Waals surface area contributed by atoms with Gasteiger partial charge in [0, 0.05) is 36.6 Å². The monoisotopic (exact) mass is 303 g/mol. The van der Waals surface area contributed by atoms with Crippen LogP contribution in [0, 0.1) is 6.92 Å². The molecule has 6 heteroatoms. The van der Waals surface area contributed by atoms with E-state index in [1.807, 2.05) is 0 Å². The van der Waals surface area contributed by atoms with Crippen LogP contribution in [-0.2, 0) is 4.79 Å². The van der Waals surface area contributed by atoms with Crippen LogP contribution < -0.4 is 15.5 Å². The van der Waals surface area contributed by atoms with Crippen molar-refractivity contribution in [1.82, 2.24) is 5.32 Å². The fraction of sp³-hybridized carbons (Fsp3) is 0.375. The lowest BCUT2D eigenvalue weighted by Crippen LogP contribution is -2.32. The molecule has 0 radical (unpaired) electrons. The van der Waals surface area contributed by atoms with E-state index in [0.29, 0.717) is 30.0 Å². The number of benzene rings is 1. The maximum absolute atomic E-state index is 12.2. The number of phenolic OH excluding ortho intramolecular Hbond substituents is 1. The Morgan fingerprint density at radius 2 is 2.14 bits per heavy atom. The zero-order chi connectivity index (χ0) is 15.9. The van der Waals surface area contributed by atoms with Crippen molar-refractivity contribution in [2.75, 3.05) is 13.7 Å². The normalized spacial score (nSPS) is 18.3. The quantitative estimate of drug-likeness (QED) is 0.883. The van der Waals surface area contributed by atoms with Gasteiger partial charge in [-0.15, -0.1) is 0 Å². The highest BCUT2D eigenvalue weighted by Gasteiger charge is 2.28. The topological polar surface area (TPSA) is 88.8 Å². The van der Waals surface area contributed by atoms with E-state index in [1.54, 1.807) is 13.0 Å². The molecule has 2 heterocycles. The number of ether oxygens (including phenoxy) is 1. The fourth-order valence-electron chi connectivity index (χ4n) is 3.01. The number of methoxy groups -OCH3 is 1. The van der Waals surface area contributed by atoms with Crippen LogP contribution in [0.3, 0.4) is 0 Å². The van der Waals surface area contributed by atoms with Crippen molar-refractivity contribution in [3.05, 3.63) is 33.7 Å². The van der Waals surface area contributed by atoms with Crippen molar-refractivity contribution in [2.45, 2.75) is 25.7 Å². The molecule has 0 aliphatic carbocycles. The van der Waals surface area contributed by atoms with Gasteiger partial charge in [-0.05, 0) is 13.3 Å². The van der Waals surface area contributed by atoms with Gasteiger partial charge in [0.15, 0.2) is 5.43 Å². The van der Waals surface area contributed by atoms with Crippen LogP contribution >= 0.6 is 0 Å². The summed E-state index contributed by atoms with van der Waals surface area (Å²) in [6.45, 7) is 2.20. The third-order valence-electron chi connectivity index (χ3n) is 3.99. The summed E-state index contributed by atoms with van der Waals surface area (Å²) >= 11 is 0. The smallest absolute Gasteiger partial charge is 0.220 e. The van der Waals surface area contributed by atoms with E-state index in [-0.39, 0.29) is 40.4 Å². The molecule has 1 atom stereocenters. The summed E-state index contributed by atoms with van der Waals surface area (Å²) < 4.78 is 10.9. The van der Waals surface area contributed by atoms with Gasteiger partial charge in [-0.1, -0.05) is 0 Å². The lowest BCUT2D eigenvalue weighted by atomic mass is 9.87. The highest BCUT2D eigenvalue weighted by Crippen LogP contribution is 2.42. The number of piperidine rings is 1. The number of hydrogen-bond donors (Lipinski definition) is 2. The molecular weight excluding hydrogens is 286 g/mol. The van der Waals surface area contributed by atoms with E-state index in [0.717, 1.165) is 0 Å². The molecule has 0 saturated carbocycles. The molecule has 2 N–H and O–H groups in total. The molecule has 1 aromatic heterocycles. The first kappa shape index (κ1) is 14.4. The number of aromatic hydroxyl groups is 1. The Labute approximate surface area is 126 Å². The zero-order valence-electron chi connectivity index (χ0n) is 12.4. The zero-order valence-corrected chi connectivity index (χ0v) is 12.4. The van der Waals surface area contributed by atoms with Crippen LogP contribution in [0.5, 0.6) is 11.5 Å². The summed E-state index contributed by atoms with van der Waals surface area (Å²) in [5.41, 5.74) is 0.477. The predicted octanol–water partition coefficient (Wildman–Crippen LogP) is 1.81. The van der Waals surface area contributed by atoms with Crippen LogP contribution in [0.15, 0.2) is 21.3 Å². The number of amides is 1. The molecule has 1 saturated heterocycles. The number of rotatable bonds is 2. The average Bonchev–Trinajstić information content (AvgIpc) is 2.45. The Balaban J connectivity index is 2.27. The molecule has 1 aromatic carbocycles. The molecule has 0 spiro atoms. The second-order valence-corrected chi connectivity index (χ2v) is 5.48. The number of phenols is 1. The van der Waals surface area contributed by atoms with Gasteiger partial charge in [0.05, 0.1) is 7.11 Å². The third kappa shape index (κ3) is 2.30. The molecule has 0 unspecified atom stereocenters. The lowest BCUT2D eigenvalue weighted by Gasteiger charge is -2.25. The van der Waals surface area contributed by atoms with Crippen molar-refractivity contribution in [3.8, 4) is 11.5 Å². The molecule has 116 valence electrons. The van der Waals surface area contributed by atoms with E-state index in [2.05, 4.69) is 5.32 Å². The van der Waals surface area contributed by atoms with Gasteiger partial charge in [-0.2, -0.15) is 0 Å². The van der Waals surface area contributed by atoms with Crippen molar-refractivity contribution in [2.24, 2.45) is 0 Å². The molecule has 1 aliphatic rings. The molecule has 6 nitrogen and oxygen atoms in total. The standard InChI is InChI=1S/C16H17NO5/c1-8-5-10(18)15-12(22-8)7-11(21-2)14(16(15)20)9-3-4-17-13(19)6-9/h5,7,9,20H,3-4,6H2,1-2H3,(H,17,19)/t9-/m1/s1. The largest absolute Gasteiger partial charge is 0.507 e. The van der Waals surface area contributed by atoms with Crippen molar-refractivity contribution < 1.29 is 19.1 Å². The van der Waals surface area contributed by atoms with Crippen molar-refractivity contribution >= 4 is 16.9 Å². The highest BCUT2D eigenvalue weighted by atomic mass is 16.5. The van der Waals surface area contributed by atoms with Crippen LogP contribution in [0.25, 0.3) is 11.0 Å². The molecule has 3 rings (SSSR count). The van der Waals surface area contributed by atoms with Crippen molar-refractivity contribution in [1.29, 1.82) is 0 Å². The lowest BCUT2D eigenvalue weighted by molar-refractivity contribution is -0.122. The second kappa shape index (κ2) is 5.36. The van der Waals surface area contributed by atoms with E-state index < -0.39 is 0 Å². The molecular formula is C16H17NO5. The summed E-state index contributed by atoms with van der Waals surface area (Å²) in [7, 11) is 1.49. The van der Waals surface area contributed by atoms with E-state index >= 15 is 0 Å². The highest BCUT2D eigenvalue weighted by molar-refractivity contribution is 5.88. The van der Waals surface area contributed by atoms with Gasteiger partial charge in [-0.25, -0.2) is 0 Å². The summed E-state index contributed by atoms with van der Waals surface area (Å²) in [6, 6.07) is 2.94. The third-order valence-corrected chi connectivity index (χ3v) is 3.99. The van der Waals surface area contributed by atoms with Gasteiger partial charge in [0.25, 0.3) is 0 Å². The number of carbonyl (C=O) groups excluding carboxylic acids is 1. The van der Waals surface area contributed by atoms with E-state index in [4.69, 9.17) is 9.15 Å². The molecule has 1 fully saturated rings. The van der Waals surface area contributed by atoms with E-state index in [1.165, 1.54) is 13.2 Å². The summed E-state index contributed by atoms with van der Waals surface area (Å²) in [5, 5.41) is 13.5. The van der Waals surface area contributed by atoms with Gasteiger partial charge in [-0.3, -0.25) is 9.59 Å². The minimum absolute atomic E-state index is 0.0752. The minimum atomic E-state index is -0.305. The SMILES string of the molecule is COc1cc2oc(C)cc(=O)c2c(O)c1[C@@H]1CCNC(=O)C1. The number of fused-ring (bicyclic) bond motifs is 1. The number of carbonyl (C=O) groups is 1. The molecule has 0 bridgehead atoms. The second-order valence-electron chi connectivity index (χ2n) is 5.48. The Kier molecular flexibility index (Phi) is 3.52. The fourth-order valence-corrected chi connectivity index (χ4v) is 3.01. The first-order chi connectivity index (χ1) is 10.5. The first-order valence-corrected chi connectivity index (χ1v) is 7.12. The first-order valence-electron chi connectivity index (χ1n) is 7.12. The summed E-state index contributed by atoms with van der Waals surface area (Å²) in [5.74, 6) is 0.479. The minimum Gasteiger partial charge on any atom is -0.507 e. The Morgan fingerprint density at radius 1 is 1.36 bits per heavy atom. The van der Waals surface area contributed by atoms with Gasteiger partial charge < -0.3 is 19.6 Å². The molecule has 1 amide bonds. The average molecular weight is 303 g/mol.